The number of rotatable bonds is 27. The summed E-state index contributed by atoms with van der Waals surface area (Å²) in [6.07, 6.45) is -10.2. The number of aldehydes is 1. The summed E-state index contributed by atoms with van der Waals surface area (Å²) in [5.41, 5.74) is 6.84. The summed E-state index contributed by atoms with van der Waals surface area (Å²) in [6, 6.07) is 9.36. The fraction of sp³-hybridized carbons (Fsp3) is 0.618. The van der Waals surface area contributed by atoms with Gasteiger partial charge in [-0.05, 0) is 90.5 Å². The van der Waals surface area contributed by atoms with E-state index in [4.69, 9.17) is 57.4 Å². The first-order valence-corrected chi connectivity index (χ1v) is 48.2. The molecule has 51 heteroatoms. The third kappa shape index (κ3) is 28.5. The van der Waals surface area contributed by atoms with Crippen LogP contribution in [-0.2, 0) is 77.6 Å². The van der Waals surface area contributed by atoms with Gasteiger partial charge in [-0.25, -0.2) is 48.7 Å². The third-order valence-electron chi connectivity index (χ3n) is 20.8. The maximum absolute atomic E-state index is 12.6. The lowest BCUT2D eigenvalue weighted by Crippen LogP contribution is -2.61. The van der Waals surface area contributed by atoms with Gasteiger partial charge >= 0.3 is 30.6 Å². The van der Waals surface area contributed by atoms with Crippen molar-refractivity contribution in [3.63, 3.8) is 0 Å². The van der Waals surface area contributed by atoms with Gasteiger partial charge in [-0.1, -0.05) is 71.4 Å². The largest absolute Gasteiger partial charge is 0.505 e. The van der Waals surface area contributed by atoms with Crippen LogP contribution in [0, 0.1) is 46.5 Å². The number of imidazole rings is 2. The molecule has 127 heavy (non-hydrogen) atoms. The molecule has 46 nitrogen and oxygen atoms in total. The fourth-order valence-corrected chi connectivity index (χ4v) is 18.2. The number of aromatic nitrogens is 11. The molecular formula is C76H116N12O34P4S. The topological polar surface area (TPSA) is 688 Å². The van der Waals surface area contributed by atoms with Gasteiger partial charge in [0.15, 0.2) is 42.6 Å². The van der Waals surface area contributed by atoms with Crippen LogP contribution in [0.5, 0.6) is 5.75 Å². The summed E-state index contributed by atoms with van der Waals surface area (Å²) in [7, 11) is -15.0. The second kappa shape index (κ2) is 47.2. The lowest BCUT2D eigenvalue weighted by atomic mass is 9.91. The summed E-state index contributed by atoms with van der Waals surface area (Å²) in [5.74, 6) is -0.171. The van der Waals surface area contributed by atoms with Gasteiger partial charge in [0.2, 0.25) is 5.12 Å². The molecule has 4 aliphatic heterocycles. The lowest BCUT2D eigenvalue weighted by molar-refractivity contribution is -0.371. The normalized spacial score (nSPS) is 30.2. The smallest absolute Gasteiger partial charge is 0.479 e. The SMILES string of the molecule is CCC/C(SC(=O)c1ccccc1)=C(\C)N(Cc1cnc(C)nc1C)OC.CC[C@H]1O[C@H](O[C@H]2O[C@H](CO)[C@@H](O)[C@H](C)[C@H]2O)[C@H](O)[C@@H](O)[C@@H]1O.CCc1cnc(C)c(O)c1C=O.C[C@H]1C[C@@](CO)(OP(C)(=O)O)[C@@H](O)[C@@H]1O.Cc1ncnc2c1ncn2C1OC(COP(=O)(O)OP(C)(=O)O)C(O)C1O.Cc1ncnc2c1ncn2C1OC(COP(C)(=O)O)C(O)C1O. The van der Waals surface area contributed by atoms with Crippen molar-refractivity contribution in [2.24, 2.45) is 11.8 Å². The van der Waals surface area contributed by atoms with Crippen LogP contribution in [0.4, 0.5) is 0 Å². The van der Waals surface area contributed by atoms with Crippen LogP contribution in [0.3, 0.4) is 0 Å². The van der Waals surface area contributed by atoms with Crippen LogP contribution >= 0.6 is 42.4 Å². The van der Waals surface area contributed by atoms with Crippen LogP contribution in [0.15, 0.2) is 78.6 Å². The molecule has 12 unspecified atom stereocenters. The Kier molecular flexibility index (Phi) is 39.9. The molecule has 0 spiro atoms. The van der Waals surface area contributed by atoms with Crippen molar-refractivity contribution in [2.45, 2.75) is 237 Å². The predicted octanol–water partition coefficient (Wildman–Crippen LogP) is 2.43. The Morgan fingerprint density at radius 3 is 1.61 bits per heavy atom. The highest BCUT2D eigenvalue weighted by Gasteiger charge is 2.55. The summed E-state index contributed by atoms with van der Waals surface area (Å²) in [6.45, 7) is 21.2. The molecule has 0 amide bonds. The Labute approximate surface area is 734 Å². The molecule has 1 aromatic carbocycles. The quantitative estimate of drug-likeness (QED) is 0.0200. The standard InChI is InChI=1S/C21H27N3O2S.C14H26O9.C12H18N4O9P2.C12H17N4O6P.C9H11NO2.C8H17O6P/c1-6-10-20(27-21(25)18-11-8-7-9-12-18)16(3)24(26-5)14-19-13-22-17(4)23-15(19)2;1-3-6-10(18)11(19)12(20)14(21-6)23-13-9(17)5(2)8(16)7(4-15)22-13;1-6-8-11(14-4-13-6)16(5-15-8)12-10(18)9(17)7(24-12)3-23-27(21,22)25-26(2,19)20;1-6-8-11(14-4-13-6)16(5-15-8)12-10(18)9(17)7(22-12)3-21-23(2,19)20;1-3-7-4-10-6(2)9(12)8(7)5-11;1-5-3-8(4-9,7(11)6(5)10)14-15(2,12)13/h7-9,11-13H,6,10,14H2,1-5H3;5-20H,3-4H2,1-2H3;4-5,7,9-10,12,17-18H,3H2,1-2H3,(H,19,20)(H,21,22);4-5,7,9-10,12,17-18H,3H2,1-2H3,(H,19,20);4-5,12H,3H2,1-2H3;5-7,9-11H,3-4H2,1-2H3,(H,12,13)/b20-16-;;;;;/t;5-,6+,7+,8-,9+,10+,11-,12+,13+,14+;;;;5-,6+,7-,8-/m.0...0/s1. The van der Waals surface area contributed by atoms with Gasteiger partial charge in [0.25, 0.3) is 0 Å². The van der Waals surface area contributed by atoms with Crippen LogP contribution in [0.25, 0.3) is 22.3 Å². The van der Waals surface area contributed by atoms with Crippen molar-refractivity contribution >= 4 is 76.1 Å². The maximum Gasteiger partial charge on any atom is 0.479 e. The van der Waals surface area contributed by atoms with Gasteiger partial charge < -0.3 is 119 Å². The summed E-state index contributed by atoms with van der Waals surface area (Å²) in [4.78, 5) is 104. The minimum atomic E-state index is -4.86. The average molecular weight is 1900 g/mol. The van der Waals surface area contributed by atoms with Crippen LogP contribution < -0.4 is 0 Å². The van der Waals surface area contributed by atoms with E-state index in [-0.39, 0.29) is 29.8 Å². The molecule has 710 valence electrons. The number of aryl methyl sites for hydroxylation is 6. The van der Waals surface area contributed by atoms with E-state index < -0.39 is 179 Å². The van der Waals surface area contributed by atoms with Crippen molar-refractivity contribution in [3.8, 4) is 5.75 Å². The molecule has 12 rings (SSSR count). The Hall–Kier alpha value is -6.58. The Bertz CT molecular complexity index is 4940. The van der Waals surface area contributed by atoms with E-state index >= 15 is 0 Å². The molecule has 1 aliphatic carbocycles. The van der Waals surface area contributed by atoms with Gasteiger partial charge in [-0.3, -0.25) is 56.4 Å². The minimum Gasteiger partial charge on any atom is -0.505 e. The van der Waals surface area contributed by atoms with E-state index in [9.17, 15) is 99.1 Å². The number of hydrogen-bond donors (Lipinski definition) is 18. The monoisotopic (exact) mass is 1900 g/mol. The average Bonchev–Trinajstić information content (AvgIpc) is 1.65. The molecule has 0 radical (unpaired) electrons. The molecule has 5 fully saturated rings. The molecule has 4 saturated heterocycles. The minimum absolute atomic E-state index is 0.00403. The van der Waals surface area contributed by atoms with Crippen LogP contribution in [0.2, 0.25) is 0 Å². The number of pyridine rings is 1. The number of nitrogens with zero attached hydrogens (tertiary/aromatic N) is 12. The number of aliphatic hydroxyl groups excluding tert-OH is 13. The zero-order valence-corrected chi connectivity index (χ0v) is 76.7. The van der Waals surface area contributed by atoms with Crippen molar-refractivity contribution < 1.29 is 165 Å². The Balaban J connectivity index is 0.000000213. The van der Waals surface area contributed by atoms with E-state index in [1.807, 2.05) is 64.2 Å². The fourth-order valence-electron chi connectivity index (χ4n) is 13.7. The van der Waals surface area contributed by atoms with Gasteiger partial charge in [-0.2, -0.15) is 0 Å². The Morgan fingerprint density at radius 1 is 0.614 bits per heavy atom. The second-order valence-electron chi connectivity index (χ2n) is 30.6. The van der Waals surface area contributed by atoms with Crippen LogP contribution in [-0.4, -0.2) is 325 Å². The van der Waals surface area contributed by atoms with Gasteiger partial charge in [0.05, 0.1) is 93.7 Å². The highest BCUT2D eigenvalue weighted by molar-refractivity contribution is 8.17. The molecule has 1 saturated carbocycles. The number of hydrogen-bond acceptors (Lipinski definition) is 41. The van der Waals surface area contributed by atoms with Gasteiger partial charge in [0.1, 0.15) is 114 Å². The number of aliphatic hydroxyl groups is 13. The second-order valence-corrected chi connectivity index (χ2v) is 38.8. The van der Waals surface area contributed by atoms with E-state index in [0.29, 0.717) is 82.9 Å². The molecule has 0 bridgehead atoms. The number of phosphoric acid groups is 1. The first-order valence-electron chi connectivity index (χ1n) is 39.9. The van der Waals surface area contributed by atoms with E-state index in [1.54, 1.807) is 59.9 Å². The number of ether oxygens (including phenoxy) is 5. The number of hydroxylamine groups is 2. The zero-order valence-electron chi connectivity index (χ0n) is 72.3. The number of aromatic hydroxyl groups is 1. The molecule has 18 N–H and O–H groups in total. The first kappa shape index (κ1) is 107. The van der Waals surface area contributed by atoms with Gasteiger partial charge in [-0.15, -0.1) is 0 Å². The van der Waals surface area contributed by atoms with E-state index in [1.165, 1.54) is 46.2 Å². The van der Waals surface area contributed by atoms with Crippen molar-refractivity contribution in [3.05, 3.63) is 129 Å². The Morgan fingerprint density at radius 2 is 1.14 bits per heavy atom. The van der Waals surface area contributed by atoms with Crippen molar-refractivity contribution in [2.75, 3.05) is 53.5 Å². The molecule has 6 aromatic heterocycles. The third-order valence-corrected chi connectivity index (χ3v) is 25.8. The molecule has 26 atom stereocenters. The molecule has 5 aliphatic rings. The summed E-state index contributed by atoms with van der Waals surface area (Å²) in [5, 5.41) is 139. The number of carbonyl (C=O) groups excluding carboxylic acids is 2. The van der Waals surface area contributed by atoms with Crippen molar-refractivity contribution in [1.82, 2.24) is 59.1 Å². The van der Waals surface area contributed by atoms with Gasteiger partial charge in [0, 0.05) is 65.7 Å². The summed E-state index contributed by atoms with van der Waals surface area (Å²) < 4.78 is 93.4. The number of allylic oxidation sites excluding steroid dienone is 2. The van der Waals surface area contributed by atoms with Crippen molar-refractivity contribution in [1.29, 1.82) is 0 Å². The number of benzene rings is 1. The number of phosphoric ester groups is 1. The zero-order chi connectivity index (χ0) is 94.9. The molecular weight excluding hydrogens is 1780 g/mol. The highest BCUT2D eigenvalue weighted by Crippen LogP contribution is 2.58. The lowest BCUT2D eigenvalue weighted by Gasteiger charge is -2.45. The van der Waals surface area contributed by atoms with E-state index in [0.717, 1.165) is 59.4 Å². The van der Waals surface area contributed by atoms with Crippen LogP contribution in [0.1, 0.15) is 140 Å². The highest BCUT2D eigenvalue weighted by atomic mass is 32.2. The van der Waals surface area contributed by atoms with E-state index in [2.05, 4.69) is 60.6 Å². The number of fused-ring (bicyclic) bond motifs is 2. The molecule has 10 heterocycles. The number of thioether (sulfide) groups is 1. The maximum atomic E-state index is 12.6. The predicted molar refractivity (Wildman–Crippen MR) is 449 cm³/mol. The first-order chi connectivity index (χ1) is 59.4. The number of carbonyl (C=O) groups is 2. The summed E-state index contributed by atoms with van der Waals surface area (Å²) >= 11 is 1.28. The molecule has 7 aromatic rings.